The first-order valence-corrected chi connectivity index (χ1v) is 8.11. The fraction of sp³-hybridized carbons (Fsp3) is 0.667. The van der Waals surface area contributed by atoms with Crippen LogP contribution in [-0.4, -0.2) is 78.9 Å². The third kappa shape index (κ3) is 7.00. The molecule has 8 nitrogen and oxygen atoms in total. The largest absolute Gasteiger partial charge is 0.411 e. The van der Waals surface area contributed by atoms with Crippen molar-refractivity contribution in [2.75, 3.05) is 51.3 Å². The summed E-state index contributed by atoms with van der Waals surface area (Å²) < 4.78 is 45.2. The molecule has 1 aromatic rings. The molecule has 1 aromatic heterocycles. The smallest absolute Gasteiger partial charge is 0.372 e. The zero-order chi connectivity index (χ0) is 19.2. The zero-order valence-electron chi connectivity index (χ0n) is 14.3. The topological polar surface area (TPSA) is 87.9 Å². The van der Waals surface area contributed by atoms with E-state index in [0.717, 1.165) is 0 Å². The van der Waals surface area contributed by atoms with Crippen molar-refractivity contribution in [3.05, 3.63) is 11.8 Å². The number of hydrogen-bond donors (Lipinski definition) is 1. The van der Waals surface area contributed by atoms with Gasteiger partial charge in [0.2, 0.25) is 11.8 Å². The molecule has 11 heteroatoms. The number of carbonyl (C=O) groups excluding carboxylic acids is 2. The molecular weight excluding hydrogens is 357 g/mol. The van der Waals surface area contributed by atoms with Gasteiger partial charge in [0.05, 0.1) is 19.6 Å². The number of nitrogens with zero attached hydrogens (tertiary/aromatic N) is 3. The van der Waals surface area contributed by atoms with Gasteiger partial charge in [0, 0.05) is 32.2 Å². The minimum atomic E-state index is -4.39. The van der Waals surface area contributed by atoms with Crippen molar-refractivity contribution in [3.8, 4) is 0 Å². The fourth-order valence-electron chi connectivity index (χ4n) is 2.47. The molecule has 1 aliphatic rings. The minimum absolute atomic E-state index is 0.0952. The van der Waals surface area contributed by atoms with Gasteiger partial charge in [0.1, 0.15) is 12.4 Å². The number of hydrogen-bond acceptors (Lipinski definition) is 6. The number of alkyl halides is 3. The lowest BCUT2D eigenvalue weighted by atomic mass is 10.2. The van der Waals surface area contributed by atoms with E-state index < -0.39 is 12.8 Å². The number of ether oxygens (including phenoxy) is 1. The third-order valence-corrected chi connectivity index (χ3v) is 3.71. The lowest BCUT2D eigenvalue weighted by Gasteiger charge is -2.34. The van der Waals surface area contributed by atoms with E-state index in [1.807, 2.05) is 4.90 Å². The first kappa shape index (κ1) is 20.2. The summed E-state index contributed by atoms with van der Waals surface area (Å²) in [5.41, 5.74) is 0. The molecule has 2 amide bonds. The van der Waals surface area contributed by atoms with E-state index in [-0.39, 0.29) is 31.4 Å². The lowest BCUT2D eigenvalue weighted by molar-refractivity contribution is -0.175. The highest BCUT2D eigenvalue weighted by Gasteiger charge is 2.28. The summed E-state index contributed by atoms with van der Waals surface area (Å²) in [7, 11) is 0. The second-order valence-corrected chi connectivity index (χ2v) is 5.95. The number of amides is 2. The molecular formula is C15H21F3N4O4. The predicted octanol–water partition coefficient (Wildman–Crippen LogP) is 1.03. The molecule has 1 fully saturated rings. The number of aryl methyl sites for hydroxylation is 1. The summed E-state index contributed by atoms with van der Waals surface area (Å²) in [5, 5.41) is 6.29. The molecule has 0 bridgehead atoms. The van der Waals surface area contributed by atoms with Gasteiger partial charge in [-0.3, -0.25) is 14.5 Å². The molecule has 26 heavy (non-hydrogen) atoms. The van der Waals surface area contributed by atoms with Crippen LogP contribution in [0.4, 0.5) is 19.0 Å². The average molecular weight is 378 g/mol. The fourth-order valence-corrected chi connectivity index (χ4v) is 2.47. The van der Waals surface area contributed by atoms with Crippen molar-refractivity contribution in [2.45, 2.75) is 19.5 Å². The van der Waals surface area contributed by atoms with Crippen molar-refractivity contribution in [1.82, 2.24) is 15.0 Å². The molecule has 0 aromatic carbocycles. The highest BCUT2D eigenvalue weighted by atomic mass is 19.4. The van der Waals surface area contributed by atoms with Gasteiger partial charge in [-0.05, 0) is 6.92 Å². The Kier molecular flexibility index (Phi) is 6.98. The van der Waals surface area contributed by atoms with Crippen LogP contribution in [0.25, 0.3) is 0 Å². The second kappa shape index (κ2) is 8.99. The molecule has 0 aliphatic carbocycles. The average Bonchev–Trinajstić information content (AvgIpc) is 2.96. The summed E-state index contributed by atoms with van der Waals surface area (Å²) in [5.74, 6) is 0.444. The molecule has 146 valence electrons. The number of halogens is 3. The van der Waals surface area contributed by atoms with Crippen molar-refractivity contribution >= 4 is 17.6 Å². The molecule has 0 atom stereocenters. The predicted molar refractivity (Wildman–Crippen MR) is 84.4 cm³/mol. The van der Waals surface area contributed by atoms with Crippen LogP contribution in [0.1, 0.15) is 12.2 Å². The summed E-state index contributed by atoms with van der Waals surface area (Å²) in [6.45, 7) is 2.08. The SMILES string of the molecule is Cc1cc(NC(=O)CN2CCN(C(=O)CCOCC(F)(F)F)CC2)no1. The normalized spacial score (nSPS) is 15.9. The second-order valence-electron chi connectivity index (χ2n) is 5.95. The molecule has 1 aliphatic heterocycles. The number of anilines is 1. The maximum absolute atomic E-state index is 12.0. The van der Waals surface area contributed by atoms with E-state index in [1.165, 1.54) is 0 Å². The van der Waals surface area contributed by atoms with Crippen LogP contribution in [0.5, 0.6) is 0 Å². The number of aromatic nitrogens is 1. The van der Waals surface area contributed by atoms with Gasteiger partial charge >= 0.3 is 6.18 Å². The van der Waals surface area contributed by atoms with Gasteiger partial charge in [0.15, 0.2) is 5.82 Å². The lowest BCUT2D eigenvalue weighted by Crippen LogP contribution is -2.50. The van der Waals surface area contributed by atoms with E-state index in [1.54, 1.807) is 17.9 Å². The van der Waals surface area contributed by atoms with E-state index in [0.29, 0.717) is 37.8 Å². The Morgan fingerprint density at radius 2 is 2.00 bits per heavy atom. The standard InChI is InChI=1S/C15H21F3N4O4/c1-11-8-12(20-26-11)19-13(23)9-21-3-5-22(6-4-21)14(24)2-7-25-10-15(16,17)18/h8H,2-7,9-10H2,1H3,(H,19,20,23). The van der Waals surface area contributed by atoms with Gasteiger partial charge in [-0.1, -0.05) is 5.16 Å². The maximum atomic E-state index is 12.0. The number of carbonyl (C=O) groups is 2. The molecule has 1 saturated heterocycles. The van der Waals surface area contributed by atoms with Crippen molar-refractivity contribution < 1.29 is 32.0 Å². The zero-order valence-corrected chi connectivity index (χ0v) is 14.3. The summed E-state index contributed by atoms with van der Waals surface area (Å²) in [6, 6.07) is 1.61. The highest BCUT2D eigenvalue weighted by Crippen LogP contribution is 2.14. The van der Waals surface area contributed by atoms with Crippen LogP contribution < -0.4 is 5.32 Å². The number of rotatable bonds is 7. The maximum Gasteiger partial charge on any atom is 0.411 e. The van der Waals surface area contributed by atoms with Crippen LogP contribution in [0.3, 0.4) is 0 Å². The Balaban J connectivity index is 1.63. The minimum Gasteiger partial charge on any atom is -0.372 e. The number of piperazine rings is 1. The van der Waals surface area contributed by atoms with Gasteiger partial charge in [-0.15, -0.1) is 0 Å². The summed E-state index contributed by atoms with van der Waals surface area (Å²) in [4.78, 5) is 27.3. The van der Waals surface area contributed by atoms with E-state index in [9.17, 15) is 22.8 Å². The van der Waals surface area contributed by atoms with Gasteiger partial charge in [-0.25, -0.2) is 0 Å². The Bertz CT molecular complexity index is 612. The van der Waals surface area contributed by atoms with Crippen molar-refractivity contribution in [1.29, 1.82) is 0 Å². The Hall–Kier alpha value is -2.14. The Labute approximate surface area is 148 Å². The first-order valence-electron chi connectivity index (χ1n) is 8.11. The summed E-state index contributed by atoms with van der Waals surface area (Å²) in [6.07, 6.45) is -4.48. The summed E-state index contributed by atoms with van der Waals surface area (Å²) >= 11 is 0. The van der Waals surface area contributed by atoms with Crippen LogP contribution >= 0.6 is 0 Å². The highest BCUT2D eigenvalue weighted by molar-refractivity contribution is 5.91. The van der Waals surface area contributed by atoms with Crippen molar-refractivity contribution in [3.63, 3.8) is 0 Å². The first-order chi connectivity index (χ1) is 12.2. The molecule has 2 rings (SSSR count). The van der Waals surface area contributed by atoms with E-state index >= 15 is 0 Å². The van der Waals surface area contributed by atoms with Crippen LogP contribution in [-0.2, 0) is 14.3 Å². The van der Waals surface area contributed by atoms with Gasteiger partial charge < -0.3 is 19.5 Å². The quantitative estimate of drug-likeness (QED) is 0.714. The van der Waals surface area contributed by atoms with Crippen LogP contribution in [0, 0.1) is 6.92 Å². The van der Waals surface area contributed by atoms with E-state index in [4.69, 9.17) is 4.52 Å². The molecule has 0 unspecified atom stereocenters. The molecule has 0 saturated carbocycles. The van der Waals surface area contributed by atoms with E-state index in [2.05, 4.69) is 15.2 Å². The van der Waals surface area contributed by atoms with Crippen molar-refractivity contribution in [2.24, 2.45) is 0 Å². The molecule has 0 spiro atoms. The van der Waals surface area contributed by atoms with Crippen LogP contribution in [0.2, 0.25) is 0 Å². The molecule has 2 heterocycles. The number of nitrogens with one attached hydrogen (secondary N) is 1. The third-order valence-electron chi connectivity index (χ3n) is 3.71. The van der Waals surface area contributed by atoms with Gasteiger partial charge in [-0.2, -0.15) is 13.2 Å². The molecule has 0 radical (unpaired) electrons. The Morgan fingerprint density at radius 1 is 1.31 bits per heavy atom. The van der Waals surface area contributed by atoms with Crippen LogP contribution in [0.15, 0.2) is 10.6 Å². The van der Waals surface area contributed by atoms with Gasteiger partial charge in [0.25, 0.3) is 0 Å². The monoisotopic (exact) mass is 378 g/mol. The Morgan fingerprint density at radius 3 is 2.58 bits per heavy atom. The molecule has 1 N–H and O–H groups in total.